The van der Waals surface area contributed by atoms with Crippen molar-refractivity contribution in [3.63, 3.8) is 0 Å². The van der Waals surface area contributed by atoms with Crippen LogP contribution in [0.25, 0.3) is 0 Å². The number of allylic oxidation sites excluding steroid dienone is 4. The Morgan fingerprint density at radius 3 is 2.20 bits per heavy atom. The van der Waals surface area contributed by atoms with Crippen LogP contribution in [0.1, 0.15) is 39.5 Å². The first kappa shape index (κ1) is 26.2. The fraction of sp³-hybridized carbons (Fsp3) is 0.733. The number of rotatable bonds is 3. The van der Waals surface area contributed by atoms with Gasteiger partial charge in [0.05, 0.1) is 0 Å². The Hall–Kier alpha value is 1.28. The molecule has 20 heavy (non-hydrogen) atoms. The molecule has 0 aromatic rings. The van der Waals surface area contributed by atoms with Crippen LogP contribution >= 0.6 is 0 Å². The van der Waals surface area contributed by atoms with Crippen molar-refractivity contribution in [1.82, 2.24) is 0 Å². The summed E-state index contributed by atoms with van der Waals surface area (Å²) in [5.41, 5.74) is 4.95. The van der Waals surface area contributed by atoms with Crippen molar-refractivity contribution < 1.29 is 58.9 Å². The molecule has 0 fully saturated rings. The molecule has 0 heterocycles. The Morgan fingerprint density at radius 1 is 1.10 bits per heavy atom. The molecule has 0 aromatic heterocycles. The van der Waals surface area contributed by atoms with Gasteiger partial charge in [-0.1, -0.05) is 64.2 Å². The summed E-state index contributed by atoms with van der Waals surface area (Å²) in [4.78, 5) is 0. The Morgan fingerprint density at radius 2 is 1.65 bits per heavy atom. The predicted octanol–water partition coefficient (Wildman–Crippen LogP) is -4.03. The molecule has 0 aliphatic heterocycles. The molecule has 0 radical (unpaired) electrons. The molecule has 114 valence electrons. The maximum Gasteiger partial charge on any atom is 4.00 e. The molecule has 2 aliphatic rings. The zero-order valence-corrected chi connectivity index (χ0v) is 17.8. The molecular weight excluding hydrogens is 362 g/mol. The van der Waals surface area contributed by atoms with Gasteiger partial charge in [-0.3, -0.25) is 6.08 Å². The molecule has 0 saturated carbocycles. The van der Waals surface area contributed by atoms with Gasteiger partial charge in [0.25, 0.3) is 0 Å². The normalized spacial score (nSPS) is 20.6. The van der Waals surface area contributed by atoms with Gasteiger partial charge in [0.2, 0.25) is 0 Å². The van der Waals surface area contributed by atoms with Crippen molar-refractivity contribution in [2.75, 3.05) is 0 Å². The van der Waals surface area contributed by atoms with Gasteiger partial charge in [-0.05, 0) is 6.42 Å². The van der Waals surface area contributed by atoms with Crippen LogP contribution < -0.4 is 37.2 Å². The molecule has 1 atom stereocenters. The van der Waals surface area contributed by atoms with Crippen LogP contribution in [0.4, 0.5) is 0 Å². The van der Waals surface area contributed by atoms with E-state index in [1.807, 2.05) is 0 Å². The quantitative estimate of drug-likeness (QED) is 0.342. The van der Waals surface area contributed by atoms with E-state index in [4.69, 9.17) is 0 Å². The van der Waals surface area contributed by atoms with E-state index in [0.717, 1.165) is 0 Å². The van der Waals surface area contributed by atoms with Crippen LogP contribution in [0.3, 0.4) is 0 Å². The van der Waals surface area contributed by atoms with Crippen molar-refractivity contribution >= 4 is 8.07 Å². The van der Waals surface area contributed by atoms with Gasteiger partial charge in [0.1, 0.15) is 0 Å². The summed E-state index contributed by atoms with van der Waals surface area (Å²) in [7, 11) is -0.958. The minimum atomic E-state index is -0.958. The summed E-state index contributed by atoms with van der Waals surface area (Å²) in [6.45, 7) is 9.71. The zero-order chi connectivity index (χ0) is 11.8. The Bertz CT molecular complexity index is 351. The molecule has 0 spiro atoms. The van der Waals surface area contributed by atoms with E-state index in [1.165, 1.54) is 43.3 Å². The summed E-state index contributed by atoms with van der Waals surface area (Å²) >= 11 is 0. The first-order valence-electron chi connectivity index (χ1n) is 6.86. The second-order valence-electron chi connectivity index (χ2n) is 6.25. The van der Waals surface area contributed by atoms with E-state index in [-0.39, 0.29) is 58.9 Å². The Kier molecular flexibility index (Phi) is 14.3. The maximum atomic E-state index is 3.76. The average Bonchev–Trinajstić information content (AvgIpc) is 2.56. The molecule has 0 aromatic carbocycles. The van der Waals surface area contributed by atoms with Gasteiger partial charge in [-0.15, -0.1) is 0 Å². The van der Waals surface area contributed by atoms with E-state index >= 15 is 0 Å². The zero-order valence-electron chi connectivity index (χ0n) is 13.0. The van der Waals surface area contributed by atoms with Gasteiger partial charge in [0, 0.05) is 8.07 Å². The molecular formula is C15H25Cl3SiTi. The van der Waals surface area contributed by atoms with Crippen LogP contribution in [-0.2, 0) is 21.7 Å². The van der Waals surface area contributed by atoms with Gasteiger partial charge >= 0.3 is 21.7 Å². The minimum absolute atomic E-state index is 0. The van der Waals surface area contributed by atoms with E-state index in [2.05, 4.69) is 33.0 Å². The first-order valence-corrected chi connectivity index (χ1v) is 10.3. The average molecular weight is 388 g/mol. The van der Waals surface area contributed by atoms with Gasteiger partial charge in [0.15, 0.2) is 0 Å². The Balaban J connectivity index is -0.000000722. The molecule has 2 rings (SSSR count). The number of halogens is 3. The fourth-order valence-corrected chi connectivity index (χ4v) is 4.79. The smallest absolute Gasteiger partial charge is 1.00 e. The predicted molar refractivity (Wildman–Crippen MR) is 74.2 cm³/mol. The van der Waals surface area contributed by atoms with Crippen LogP contribution in [0.5, 0.6) is 0 Å². The van der Waals surface area contributed by atoms with Crippen molar-refractivity contribution in [3.05, 3.63) is 22.8 Å². The summed E-state index contributed by atoms with van der Waals surface area (Å²) in [5, 5.41) is 0. The third kappa shape index (κ3) is 6.18. The molecule has 0 nitrogen and oxygen atoms in total. The van der Waals surface area contributed by atoms with Crippen molar-refractivity contribution in [1.29, 1.82) is 0 Å². The van der Waals surface area contributed by atoms with E-state index in [1.54, 1.807) is 11.1 Å². The monoisotopic (exact) mass is 386 g/mol. The summed E-state index contributed by atoms with van der Waals surface area (Å²) < 4.78 is 0. The first-order chi connectivity index (χ1) is 7.53. The van der Waals surface area contributed by atoms with Crippen molar-refractivity contribution in [2.24, 2.45) is 5.92 Å². The molecule has 2 aliphatic carbocycles. The van der Waals surface area contributed by atoms with Crippen molar-refractivity contribution in [2.45, 2.75) is 64.7 Å². The topological polar surface area (TPSA) is 0 Å². The third-order valence-corrected chi connectivity index (χ3v) is 7.92. The largest absolute Gasteiger partial charge is 4.00 e. The number of hydrogen-bond acceptors (Lipinski definition) is 0. The fourth-order valence-electron chi connectivity index (χ4n) is 3.05. The summed E-state index contributed by atoms with van der Waals surface area (Å²) in [5.74, 6) is 0.705. The number of hydrogen-bond donors (Lipinski definition) is 0. The molecule has 0 saturated heterocycles. The van der Waals surface area contributed by atoms with Crippen LogP contribution in [0.2, 0.25) is 25.2 Å². The molecule has 5 heteroatoms. The molecule has 1 unspecified atom stereocenters. The third-order valence-electron chi connectivity index (χ3n) is 4.49. The van der Waals surface area contributed by atoms with Gasteiger partial charge < -0.3 is 37.2 Å². The summed E-state index contributed by atoms with van der Waals surface area (Å²) in [6, 6.07) is 2.84. The van der Waals surface area contributed by atoms with E-state index in [9.17, 15) is 0 Å². The van der Waals surface area contributed by atoms with E-state index in [0.29, 0.717) is 5.92 Å². The molecule has 0 N–H and O–H groups in total. The second kappa shape index (κ2) is 10.9. The Labute approximate surface area is 159 Å². The molecule has 0 bridgehead atoms. The van der Waals surface area contributed by atoms with E-state index < -0.39 is 8.07 Å². The second-order valence-corrected chi connectivity index (χ2v) is 11.7. The van der Waals surface area contributed by atoms with Gasteiger partial charge in [-0.2, -0.15) is 11.1 Å². The minimum Gasteiger partial charge on any atom is -1.00 e. The van der Waals surface area contributed by atoms with Crippen LogP contribution in [-0.4, -0.2) is 8.07 Å². The molecule has 0 amide bonds. The SMILES string of the molecule is CC[Si](C)(C)CC1[C-]=C(C)C2=C1CCCC2.[Cl-].[Cl-].[Cl-].[Ti+4]. The maximum absolute atomic E-state index is 3.76. The van der Waals surface area contributed by atoms with Crippen molar-refractivity contribution in [3.8, 4) is 0 Å². The standard InChI is InChI=1S/C15H25Si.3ClH.Ti/c1-5-16(3,4)11-13-10-12(2)14-8-6-7-9-15(13)14;;;;/h13H,5-9,11H2,1-4H3;3*1H;/q-1;;;;+4/p-3. The van der Waals surface area contributed by atoms with Crippen LogP contribution in [0.15, 0.2) is 16.7 Å². The van der Waals surface area contributed by atoms with Crippen LogP contribution in [0, 0.1) is 12.0 Å². The van der Waals surface area contributed by atoms with Gasteiger partial charge in [-0.25, -0.2) is 5.57 Å². The summed E-state index contributed by atoms with van der Waals surface area (Å²) in [6.07, 6.45) is 9.27.